The summed E-state index contributed by atoms with van der Waals surface area (Å²) in [5.74, 6) is -2.52. The molecule has 0 heterocycles. The van der Waals surface area contributed by atoms with Crippen LogP contribution in [-0.4, -0.2) is 19.0 Å². The first-order chi connectivity index (χ1) is 13.2. The van der Waals surface area contributed by atoms with Gasteiger partial charge in [0.15, 0.2) is 17.3 Å². The van der Waals surface area contributed by atoms with Crippen LogP contribution in [0.15, 0.2) is 36.4 Å². The molecule has 28 heavy (non-hydrogen) atoms. The Morgan fingerprint density at radius 2 is 1.50 bits per heavy atom. The largest absolute Gasteiger partial charge is 0.494 e. The summed E-state index contributed by atoms with van der Waals surface area (Å²) in [5, 5.41) is 0. The van der Waals surface area contributed by atoms with Gasteiger partial charge in [-0.2, -0.15) is 13.2 Å². The summed E-state index contributed by atoms with van der Waals surface area (Å²) in [6, 6.07) is 6.54. The van der Waals surface area contributed by atoms with Gasteiger partial charge in [0.1, 0.15) is 11.6 Å². The van der Waals surface area contributed by atoms with Gasteiger partial charge in [0.05, 0.1) is 24.3 Å². The molecule has 2 aromatic rings. The van der Waals surface area contributed by atoms with Crippen molar-refractivity contribution in [1.29, 1.82) is 0 Å². The molecule has 0 aromatic heterocycles. The van der Waals surface area contributed by atoms with Crippen molar-refractivity contribution in [3.8, 4) is 11.5 Å². The van der Waals surface area contributed by atoms with Gasteiger partial charge < -0.3 is 9.47 Å². The fraction of sp³-hybridized carbons (Fsp3) is 0.350. The summed E-state index contributed by atoms with van der Waals surface area (Å²) < 4.78 is 75.5. The van der Waals surface area contributed by atoms with Crippen LogP contribution in [-0.2, 0) is 6.18 Å². The monoisotopic (exact) mass is 402 g/mol. The molecule has 8 heteroatoms. The standard InChI is InChI=1S/C20H19F5O3/c1-13(26)18-16(21)9-10-17(19(18)22)28-12-4-2-3-11-27-15-7-5-14(6-8-15)20(23,24)25/h5-10H,2-4,11-12H2,1H3. The zero-order chi connectivity index (χ0) is 20.7. The number of ketones is 1. The summed E-state index contributed by atoms with van der Waals surface area (Å²) in [5.41, 5.74) is -1.36. The minimum atomic E-state index is -4.38. The molecule has 0 spiro atoms. The van der Waals surface area contributed by atoms with Crippen molar-refractivity contribution < 1.29 is 36.2 Å². The van der Waals surface area contributed by atoms with E-state index < -0.39 is 34.7 Å². The van der Waals surface area contributed by atoms with Gasteiger partial charge in [-0.05, 0) is 62.6 Å². The van der Waals surface area contributed by atoms with Crippen molar-refractivity contribution in [3.05, 3.63) is 59.2 Å². The summed E-state index contributed by atoms with van der Waals surface area (Å²) in [6.07, 6.45) is -2.53. The van der Waals surface area contributed by atoms with E-state index in [1.807, 2.05) is 0 Å². The van der Waals surface area contributed by atoms with Crippen LogP contribution in [0.4, 0.5) is 22.0 Å². The Bertz CT molecular complexity index is 801. The topological polar surface area (TPSA) is 35.5 Å². The Hall–Kier alpha value is -2.64. The number of carbonyl (C=O) groups is 1. The van der Waals surface area contributed by atoms with Crippen molar-refractivity contribution in [2.75, 3.05) is 13.2 Å². The molecule has 0 amide bonds. The summed E-state index contributed by atoms with van der Waals surface area (Å²) in [7, 11) is 0. The number of unbranched alkanes of at least 4 members (excludes halogenated alkanes) is 2. The maximum atomic E-state index is 14.0. The lowest BCUT2D eigenvalue weighted by molar-refractivity contribution is -0.137. The van der Waals surface area contributed by atoms with Crippen LogP contribution >= 0.6 is 0 Å². The first-order valence-electron chi connectivity index (χ1n) is 8.62. The third kappa shape index (κ3) is 5.94. The van der Waals surface area contributed by atoms with E-state index in [9.17, 15) is 26.7 Å². The van der Waals surface area contributed by atoms with Gasteiger partial charge in [0.2, 0.25) is 0 Å². The molecule has 0 fully saturated rings. The number of hydrogen-bond acceptors (Lipinski definition) is 3. The molecular weight excluding hydrogens is 383 g/mol. The molecule has 0 saturated carbocycles. The Balaban J connectivity index is 1.69. The lowest BCUT2D eigenvalue weighted by Crippen LogP contribution is -2.07. The Morgan fingerprint density at radius 1 is 0.893 bits per heavy atom. The minimum absolute atomic E-state index is 0.167. The SMILES string of the molecule is CC(=O)c1c(F)ccc(OCCCCCOc2ccc(C(F)(F)F)cc2)c1F. The molecule has 152 valence electrons. The number of hydrogen-bond donors (Lipinski definition) is 0. The van der Waals surface area contributed by atoms with Gasteiger partial charge in [-0.3, -0.25) is 4.79 Å². The fourth-order valence-electron chi connectivity index (χ4n) is 2.46. The lowest BCUT2D eigenvalue weighted by Gasteiger charge is -2.10. The minimum Gasteiger partial charge on any atom is -0.494 e. The number of rotatable bonds is 9. The average molecular weight is 402 g/mol. The highest BCUT2D eigenvalue weighted by Crippen LogP contribution is 2.30. The van der Waals surface area contributed by atoms with Gasteiger partial charge in [-0.25, -0.2) is 8.78 Å². The molecule has 0 atom stereocenters. The van der Waals surface area contributed by atoms with E-state index in [1.54, 1.807) is 0 Å². The second kappa shape index (κ2) is 9.52. The summed E-state index contributed by atoms with van der Waals surface area (Å²) in [4.78, 5) is 11.3. The molecule has 0 N–H and O–H groups in total. The third-order valence-corrected chi connectivity index (χ3v) is 3.90. The van der Waals surface area contributed by atoms with E-state index in [4.69, 9.17) is 9.47 Å². The van der Waals surface area contributed by atoms with Gasteiger partial charge in [0.25, 0.3) is 0 Å². The second-order valence-electron chi connectivity index (χ2n) is 6.07. The van der Waals surface area contributed by atoms with Crippen LogP contribution in [0.25, 0.3) is 0 Å². The highest BCUT2D eigenvalue weighted by Gasteiger charge is 2.30. The van der Waals surface area contributed by atoms with Crippen molar-refractivity contribution in [1.82, 2.24) is 0 Å². The Labute approximate surface area is 159 Å². The van der Waals surface area contributed by atoms with Crippen LogP contribution in [0.5, 0.6) is 11.5 Å². The number of carbonyl (C=O) groups excluding carboxylic acids is 1. The van der Waals surface area contributed by atoms with E-state index >= 15 is 0 Å². The maximum Gasteiger partial charge on any atom is 0.416 e. The van der Waals surface area contributed by atoms with E-state index in [0.717, 1.165) is 31.2 Å². The van der Waals surface area contributed by atoms with Crippen molar-refractivity contribution in [3.63, 3.8) is 0 Å². The van der Waals surface area contributed by atoms with Gasteiger partial charge in [-0.15, -0.1) is 0 Å². The molecule has 0 unspecified atom stereocenters. The van der Waals surface area contributed by atoms with Crippen LogP contribution in [0, 0.1) is 11.6 Å². The first-order valence-corrected chi connectivity index (χ1v) is 8.62. The molecule has 0 bridgehead atoms. The van der Waals surface area contributed by atoms with Crippen LogP contribution in [0.1, 0.15) is 42.1 Å². The number of alkyl halides is 3. The summed E-state index contributed by atoms with van der Waals surface area (Å²) in [6.45, 7) is 1.55. The van der Waals surface area contributed by atoms with Crippen LogP contribution < -0.4 is 9.47 Å². The molecule has 0 aliphatic heterocycles. The Kier molecular flexibility index (Phi) is 7.37. The predicted octanol–water partition coefficient (Wildman–Crippen LogP) is 5.81. The molecule has 0 radical (unpaired) electrons. The third-order valence-electron chi connectivity index (χ3n) is 3.90. The number of ether oxygens (including phenoxy) is 2. The number of benzene rings is 2. The van der Waals surface area contributed by atoms with E-state index in [0.29, 0.717) is 31.6 Å². The van der Waals surface area contributed by atoms with Crippen LogP contribution in [0.3, 0.4) is 0 Å². The van der Waals surface area contributed by atoms with E-state index in [-0.39, 0.29) is 12.4 Å². The molecular formula is C20H19F5O3. The predicted molar refractivity (Wildman–Crippen MR) is 92.6 cm³/mol. The lowest BCUT2D eigenvalue weighted by atomic mass is 10.1. The molecule has 0 aliphatic rings. The maximum absolute atomic E-state index is 14.0. The number of Topliss-reactive ketones (excluding diaryl/α,β-unsaturated/α-hetero) is 1. The first kappa shape index (κ1) is 21.7. The van der Waals surface area contributed by atoms with E-state index in [1.165, 1.54) is 12.1 Å². The van der Waals surface area contributed by atoms with Gasteiger partial charge >= 0.3 is 6.18 Å². The van der Waals surface area contributed by atoms with Crippen molar-refractivity contribution in [2.24, 2.45) is 0 Å². The molecule has 2 aromatic carbocycles. The highest BCUT2D eigenvalue weighted by atomic mass is 19.4. The van der Waals surface area contributed by atoms with Gasteiger partial charge in [0, 0.05) is 0 Å². The second-order valence-corrected chi connectivity index (χ2v) is 6.07. The number of halogens is 5. The van der Waals surface area contributed by atoms with Gasteiger partial charge in [-0.1, -0.05) is 0 Å². The molecule has 0 saturated heterocycles. The molecule has 3 nitrogen and oxygen atoms in total. The average Bonchev–Trinajstić information content (AvgIpc) is 2.62. The smallest absolute Gasteiger partial charge is 0.416 e. The Morgan fingerprint density at radius 3 is 2.07 bits per heavy atom. The zero-order valence-electron chi connectivity index (χ0n) is 15.1. The summed E-state index contributed by atoms with van der Waals surface area (Å²) >= 11 is 0. The highest BCUT2D eigenvalue weighted by molar-refractivity contribution is 5.95. The fourth-order valence-corrected chi connectivity index (χ4v) is 2.46. The quantitative estimate of drug-likeness (QED) is 0.301. The normalized spacial score (nSPS) is 11.4. The van der Waals surface area contributed by atoms with Crippen molar-refractivity contribution >= 4 is 5.78 Å². The van der Waals surface area contributed by atoms with Crippen molar-refractivity contribution in [2.45, 2.75) is 32.4 Å². The zero-order valence-corrected chi connectivity index (χ0v) is 15.1. The van der Waals surface area contributed by atoms with Crippen LogP contribution in [0.2, 0.25) is 0 Å². The molecule has 2 rings (SSSR count). The molecule has 0 aliphatic carbocycles. The van der Waals surface area contributed by atoms with E-state index in [2.05, 4.69) is 0 Å².